The molecule has 27 heavy (non-hydrogen) atoms. The number of imidazole rings is 1. The summed E-state index contributed by atoms with van der Waals surface area (Å²) < 4.78 is 2.15. The lowest BCUT2D eigenvalue weighted by Gasteiger charge is -2.31. The van der Waals surface area contributed by atoms with Gasteiger partial charge < -0.3 is 14.8 Å². The number of piperidine rings is 1. The number of aryl methyl sites for hydroxylation is 1. The van der Waals surface area contributed by atoms with Crippen molar-refractivity contribution in [3.8, 4) is 0 Å². The molecule has 1 N–H and O–H groups in total. The number of hydrogen-bond donors (Lipinski definition) is 1. The molecule has 1 saturated heterocycles. The minimum Gasteiger partial charge on any atom is -0.334 e. The number of aromatic nitrogens is 2. The third kappa shape index (κ3) is 3.93. The van der Waals surface area contributed by atoms with E-state index in [0.29, 0.717) is 18.0 Å². The molecule has 1 amide bonds. The van der Waals surface area contributed by atoms with Crippen LogP contribution in [0.25, 0.3) is 0 Å². The van der Waals surface area contributed by atoms with Crippen LogP contribution in [0.2, 0.25) is 0 Å². The van der Waals surface area contributed by atoms with Crippen molar-refractivity contribution in [2.75, 3.05) is 13.1 Å². The van der Waals surface area contributed by atoms with Gasteiger partial charge in [-0.1, -0.05) is 6.07 Å². The minimum atomic E-state index is -0.0839. The van der Waals surface area contributed by atoms with Crippen LogP contribution >= 0.6 is 23.7 Å². The average Bonchev–Trinajstić information content (AvgIpc) is 3.07. The maximum Gasteiger partial charge on any atom is 0.231 e. The van der Waals surface area contributed by atoms with Crippen LogP contribution in [0, 0.1) is 5.41 Å². The smallest absolute Gasteiger partial charge is 0.231 e. The van der Waals surface area contributed by atoms with E-state index in [-0.39, 0.29) is 24.2 Å². The molecule has 2 aliphatic rings. The number of amides is 1. The molecule has 2 fully saturated rings. The van der Waals surface area contributed by atoms with Crippen molar-refractivity contribution in [3.05, 3.63) is 40.6 Å². The Hall–Kier alpha value is -1.37. The molecule has 2 atom stereocenters. The SMILES string of the molecule is CCn1ccnc1CN(C(=O)C(C)c1cccs1)C1CC12CCNCC2.Cl. The summed E-state index contributed by atoms with van der Waals surface area (Å²) >= 11 is 1.67. The van der Waals surface area contributed by atoms with Gasteiger partial charge in [0.1, 0.15) is 5.82 Å². The molecule has 4 rings (SSSR count). The highest BCUT2D eigenvalue weighted by Gasteiger charge is 2.58. The van der Waals surface area contributed by atoms with E-state index in [4.69, 9.17) is 0 Å². The molecule has 2 aromatic rings. The van der Waals surface area contributed by atoms with Crippen LogP contribution in [0.3, 0.4) is 0 Å². The van der Waals surface area contributed by atoms with Gasteiger partial charge in [0.25, 0.3) is 0 Å². The molecular weight excluding hydrogens is 380 g/mol. The molecule has 3 heterocycles. The topological polar surface area (TPSA) is 50.2 Å². The van der Waals surface area contributed by atoms with Crippen molar-refractivity contribution in [1.29, 1.82) is 0 Å². The van der Waals surface area contributed by atoms with Crippen molar-refractivity contribution in [1.82, 2.24) is 19.8 Å². The molecule has 1 aliphatic heterocycles. The summed E-state index contributed by atoms with van der Waals surface area (Å²) in [6.45, 7) is 7.82. The molecule has 0 bridgehead atoms. The van der Waals surface area contributed by atoms with Crippen LogP contribution in [-0.2, 0) is 17.9 Å². The summed E-state index contributed by atoms with van der Waals surface area (Å²) in [5.74, 6) is 1.16. The Bertz CT molecular complexity index is 754. The Balaban J connectivity index is 0.00000210. The normalized spacial score (nSPS) is 21.5. The fraction of sp³-hybridized carbons (Fsp3) is 0.600. The molecule has 1 aliphatic carbocycles. The van der Waals surface area contributed by atoms with Crippen LogP contribution < -0.4 is 5.32 Å². The predicted molar refractivity (Wildman–Crippen MR) is 111 cm³/mol. The fourth-order valence-electron chi connectivity index (χ4n) is 4.41. The van der Waals surface area contributed by atoms with Crippen LogP contribution in [0.1, 0.15) is 49.7 Å². The zero-order chi connectivity index (χ0) is 18.1. The Morgan fingerprint density at radius 2 is 2.26 bits per heavy atom. The lowest BCUT2D eigenvalue weighted by molar-refractivity contribution is -0.134. The van der Waals surface area contributed by atoms with Crippen LogP contribution in [0.4, 0.5) is 0 Å². The molecule has 0 aromatic carbocycles. The number of nitrogens with one attached hydrogen (secondary N) is 1. The van der Waals surface area contributed by atoms with Gasteiger partial charge in [-0.3, -0.25) is 4.79 Å². The van der Waals surface area contributed by atoms with E-state index in [1.165, 1.54) is 12.8 Å². The predicted octanol–water partition coefficient (Wildman–Crippen LogP) is 3.66. The van der Waals surface area contributed by atoms with E-state index < -0.39 is 0 Å². The molecular formula is C20H29ClN4OS. The molecule has 1 spiro atoms. The number of carbonyl (C=O) groups is 1. The molecule has 7 heteroatoms. The minimum absolute atomic E-state index is 0. The van der Waals surface area contributed by atoms with Crippen molar-refractivity contribution < 1.29 is 4.79 Å². The van der Waals surface area contributed by atoms with Gasteiger partial charge in [-0.2, -0.15) is 0 Å². The Morgan fingerprint density at radius 1 is 1.48 bits per heavy atom. The second-order valence-corrected chi connectivity index (χ2v) is 8.64. The zero-order valence-electron chi connectivity index (χ0n) is 16.1. The largest absolute Gasteiger partial charge is 0.334 e. The van der Waals surface area contributed by atoms with Gasteiger partial charge in [0, 0.05) is 29.9 Å². The van der Waals surface area contributed by atoms with Gasteiger partial charge in [0.05, 0.1) is 12.5 Å². The molecule has 2 aromatic heterocycles. The molecule has 5 nitrogen and oxygen atoms in total. The number of thiophene rings is 1. The number of nitrogens with zero attached hydrogens (tertiary/aromatic N) is 3. The quantitative estimate of drug-likeness (QED) is 0.793. The van der Waals surface area contributed by atoms with E-state index in [0.717, 1.165) is 36.8 Å². The van der Waals surface area contributed by atoms with E-state index in [9.17, 15) is 4.79 Å². The zero-order valence-corrected chi connectivity index (χ0v) is 17.7. The van der Waals surface area contributed by atoms with Gasteiger partial charge in [-0.15, -0.1) is 23.7 Å². The third-order valence-corrected chi connectivity index (χ3v) is 7.25. The van der Waals surface area contributed by atoms with E-state index in [1.54, 1.807) is 11.3 Å². The first-order valence-electron chi connectivity index (χ1n) is 9.69. The summed E-state index contributed by atoms with van der Waals surface area (Å²) in [6, 6.07) is 4.47. The highest BCUT2D eigenvalue weighted by molar-refractivity contribution is 7.10. The van der Waals surface area contributed by atoms with Crippen LogP contribution in [-0.4, -0.2) is 39.5 Å². The second-order valence-electron chi connectivity index (χ2n) is 7.67. The van der Waals surface area contributed by atoms with Gasteiger partial charge >= 0.3 is 0 Å². The maximum absolute atomic E-state index is 13.5. The first-order valence-corrected chi connectivity index (χ1v) is 10.6. The van der Waals surface area contributed by atoms with Gasteiger partial charge in [-0.05, 0) is 63.1 Å². The first kappa shape index (κ1) is 20.4. The molecule has 0 radical (unpaired) electrons. The molecule has 1 saturated carbocycles. The highest BCUT2D eigenvalue weighted by atomic mass is 35.5. The Morgan fingerprint density at radius 3 is 2.93 bits per heavy atom. The standard InChI is InChI=1S/C20H28N4OS.ClH/c1-3-23-11-10-22-18(23)14-24(17-13-20(17)6-8-21-9-7-20)19(25)15(2)16-5-4-12-26-16;/h4-5,10-12,15,17,21H,3,6-9,13-14H2,1-2H3;1H. The van der Waals surface area contributed by atoms with Crippen LogP contribution in [0.5, 0.6) is 0 Å². The number of hydrogen-bond acceptors (Lipinski definition) is 4. The van der Waals surface area contributed by atoms with E-state index in [1.807, 2.05) is 25.4 Å². The van der Waals surface area contributed by atoms with Gasteiger partial charge in [-0.25, -0.2) is 4.98 Å². The lowest BCUT2D eigenvalue weighted by atomic mass is 9.93. The van der Waals surface area contributed by atoms with Crippen molar-refractivity contribution in [2.24, 2.45) is 5.41 Å². The Kier molecular flexibility index (Phi) is 6.28. The maximum atomic E-state index is 13.5. The molecule has 2 unspecified atom stereocenters. The summed E-state index contributed by atoms with van der Waals surface area (Å²) in [5, 5.41) is 5.51. The molecule has 148 valence electrons. The lowest BCUT2D eigenvalue weighted by Crippen LogP contribution is -2.41. The third-order valence-electron chi connectivity index (χ3n) is 6.20. The first-order chi connectivity index (χ1) is 12.6. The van der Waals surface area contributed by atoms with E-state index >= 15 is 0 Å². The van der Waals surface area contributed by atoms with Gasteiger partial charge in [0.15, 0.2) is 0 Å². The highest BCUT2D eigenvalue weighted by Crippen LogP contribution is 2.56. The number of rotatable bonds is 6. The summed E-state index contributed by atoms with van der Waals surface area (Å²) in [6.07, 6.45) is 7.35. The van der Waals surface area contributed by atoms with E-state index in [2.05, 4.69) is 38.1 Å². The second kappa shape index (κ2) is 8.33. The number of halogens is 1. The van der Waals surface area contributed by atoms with Crippen molar-refractivity contribution in [3.63, 3.8) is 0 Å². The summed E-state index contributed by atoms with van der Waals surface area (Å²) in [7, 11) is 0. The summed E-state index contributed by atoms with van der Waals surface area (Å²) in [4.78, 5) is 21.3. The number of carbonyl (C=O) groups excluding carboxylic acids is 1. The fourth-order valence-corrected chi connectivity index (χ4v) is 5.19. The summed E-state index contributed by atoms with van der Waals surface area (Å²) in [5.41, 5.74) is 0.333. The monoisotopic (exact) mass is 408 g/mol. The van der Waals surface area contributed by atoms with Crippen LogP contribution in [0.15, 0.2) is 29.9 Å². The van der Waals surface area contributed by atoms with Gasteiger partial charge in [0.2, 0.25) is 5.91 Å². The average molecular weight is 409 g/mol. The van der Waals surface area contributed by atoms with Crippen molar-refractivity contribution in [2.45, 2.75) is 58.2 Å². The Labute approximate surface area is 171 Å². The van der Waals surface area contributed by atoms with Crippen molar-refractivity contribution >= 4 is 29.7 Å².